The molecule has 55 heavy (non-hydrogen) atoms. The molecule has 3 aliphatic heterocycles. The number of aryl methyl sites for hydroxylation is 1. The van der Waals surface area contributed by atoms with E-state index >= 15 is 0 Å². The number of hydrogen-bond donors (Lipinski definition) is 3. The number of fused-ring (bicyclic) bond motifs is 5. The molecular formula is C40H58ClN3O10S. The van der Waals surface area contributed by atoms with Gasteiger partial charge in [0.15, 0.2) is 0 Å². The Morgan fingerprint density at radius 1 is 1.20 bits per heavy atom. The van der Waals surface area contributed by atoms with Crippen LogP contribution in [0.2, 0.25) is 5.02 Å². The number of anilines is 1. The minimum Gasteiger partial charge on any atom is -0.457 e. The van der Waals surface area contributed by atoms with Crippen LogP contribution in [0.5, 0.6) is 0 Å². The van der Waals surface area contributed by atoms with Crippen LogP contribution in [0.25, 0.3) is 0 Å². The lowest BCUT2D eigenvalue weighted by Crippen LogP contribution is -2.60. The SMILES string of the molecule is COCC(S)(CCC(=O)N(C)[C@H](C)C(=O)OC1CC(=O)N(C)c2cc(cc(C)c2Cl)C/C(C)=C/C=C/[C@@H](C)[C@@]2(O)C[C@H](OC(=O)N2)[C@@H](C)[C@@H]2O[C@@]12C)COC. The minimum absolute atomic E-state index is 0.0616. The summed E-state index contributed by atoms with van der Waals surface area (Å²) in [5.41, 5.74) is 0.438. The summed E-state index contributed by atoms with van der Waals surface area (Å²) in [4.78, 5) is 56.9. The highest BCUT2D eigenvalue weighted by atomic mass is 35.5. The molecule has 2 saturated heterocycles. The van der Waals surface area contributed by atoms with Crippen LogP contribution >= 0.6 is 24.2 Å². The van der Waals surface area contributed by atoms with Crippen LogP contribution in [0, 0.1) is 18.8 Å². The van der Waals surface area contributed by atoms with E-state index < -0.39 is 64.3 Å². The first-order valence-electron chi connectivity index (χ1n) is 18.6. The number of likely N-dealkylation sites (N-methyl/N-ethyl adjacent to an activating group) is 1. The molecule has 2 fully saturated rings. The van der Waals surface area contributed by atoms with Gasteiger partial charge in [0.05, 0.1) is 41.2 Å². The summed E-state index contributed by atoms with van der Waals surface area (Å²) < 4.78 is 28.0. The van der Waals surface area contributed by atoms with Gasteiger partial charge in [-0.25, -0.2) is 9.59 Å². The van der Waals surface area contributed by atoms with E-state index in [1.807, 2.05) is 58.1 Å². The van der Waals surface area contributed by atoms with Gasteiger partial charge in [-0.15, -0.1) is 0 Å². The van der Waals surface area contributed by atoms with Crippen LogP contribution in [0.15, 0.2) is 35.9 Å². The smallest absolute Gasteiger partial charge is 0.409 e. The van der Waals surface area contributed by atoms with E-state index in [2.05, 4.69) is 17.9 Å². The number of alkyl carbamates (subject to hydrolysis) is 1. The number of carbonyl (C=O) groups is 4. The Labute approximate surface area is 335 Å². The normalized spacial score (nSPS) is 30.9. The zero-order chi connectivity index (χ0) is 41.0. The monoisotopic (exact) mass is 807 g/mol. The number of benzene rings is 1. The van der Waals surface area contributed by atoms with Crippen molar-refractivity contribution < 1.29 is 48.0 Å². The molecule has 1 unspecified atom stereocenters. The minimum atomic E-state index is -1.61. The van der Waals surface area contributed by atoms with E-state index in [1.54, 1.807) is 35.1 Å². The Balaban J connectivity index is 1.67. The van der Waals surface area contributed by atoms with Crippen molar-refractivity contribution in [3.05, 3.63) is 52.1 Å². The lowest BCUT2D eigenvalue weighted by molar-refractivity contribution is -0.162. The molecule has 4 rings (SSSR count). The topological polar surface area (TPSA) is 156 Å². The Hall–Kier alpha value is -3.14. The first kappa shape index (κ1) is 44.6. The van der Waals surface area contributed by atoms with Crippen LogP contribution in [-0.4, -0.2) is 116 Å². The number of amides is 3. The Morgan fingerprint density at radius 3 is 2.49 bits per heavy atom. The van der Waals surface area contributed by atoms with Gasteiger partial charge in [0.25, 0.3) is 0 Å². The molecule has 0 aliphatic carbocycles. The molecular weight excluding hydrogens is 750 g/mol. The molecule has 4 bridgehead atoms. The van der Waals surface area contributed by atoms with Gasteiger partial charge in [-0.1, -0.05) is 55.3 Å². The average Bonchev–Trinajstić information content (AvgIpc) is 3.81. The number of carbonyl (C=O) groups excluding carboxylic acids is 4. The van der Waals surface area contributed by atoms with Gasteiger partial charge in [-0.05, 0) is 57.7 Å². The van der Waals surface area contributed by atoms with Crippen molar-refractivity contribution in [1.29, 1.82) is 0 Å². The molecule has 306 valence electrons. The fourth-order valence-electron chi connectivity index (χ4n) is 7.40. The highest BCUT2D eigenvalue weighted by Crippen LogP contribution is 2.49. The first-order valence-corrected chi connectivity index (χ1v) is 19.5. The van der Waals surface area contributed by atoms with E-state index in [1.165, 1.54) is 16.8 Å². The fourth-order valence-corrected chi connectivity index (χ4v) is 8.00. The van der Waals surface area contributed by atoms with Crippen LogP contribution in [0.4, 0.5) is 10.5 Å². The van der Waals surface area contributed by atoms with Gasteiger partial charge in [-0.2, -0.15) is 12.6 Å². The van der Waals surface area contributed by atoms with Gasteiger partial charge < -0.3 is 38.6 Å². The molecule has 0 aromatic heterocycles. The summed E-state index contributed by atoms with van der Waals surface area (Å²) in [6.45, 7) is 11.3. The molecule has 8 atom stereocenters. The summed E-state index contributed by atoms with van der Waals surface area (Å²) in [6.07, 6.45) is 3.10. The summed E-state index contributed by atoms with van der Waals surface area (Å²) in [6, 6.07) is 2.82. The Kier molecular flexibility index (Phi) is 14.6. The third-order valence-corrected chi connectivity index (χ3v) is 12.3. The summed E-state index contributed by atoms with van der Waals surface area (Å²) in [5.74, 6) is -2.39. The number of halogens is 1. The lowest BCUT2D eigenvalue weighted by Gasteiger charge is -2.41. The second-order valence-electron chi connectivity index (χ2n) is 15.7. The molecule has 0 radical (unpaired) electrons. The lowest BCUT2D eigenvalue weighted by atomic mass is 9.82. The first-order chi connectivity index (χ1) is 25.7. The number of thiol groups is 1. The van der Waals surface area contributed by atoms with Crippen LogP contribution in [-0.2, 0) is 44.5 Å². The number of hydrogen-bond acceptors (Lipinski definition) is 11. The molecule has 0 spiro atoms. The van der Waals surface area contributed by atoms with E-state index in [4.69, 9.17) is 35.3 Å². The molecule has 0 saturated carbocycles. The van der Waals surface area contributed by atoms with Crippen molar-refractivity contribution in [2.45, 2.75) is 114 Å². The number of nitrogens with zero attached hydrogens (tertiary/aromatic N) is 2. The number of methoxy groups -OCH3 is 2. The van der Waals surface area contributed by atoms with Crippen LogP contribution in [0.3, 0.4) is 0 Å². The largest absolute Gasteiger partial charge is 0.457 e. The molecule has 1 aromatic carbocycles. The predicted octanol–water partition coefficient (Wildman–Crippen LogP) is 5.18. The number of esters is 1. The quantitative estimate of drug-likeness (QED) is 0.164. The van der Waals surface area contributed by atoms with Gasteiger partial charge >= 0.3 is 12.1 Å². The van der Waals surface area contributed by atoms with Crippen molar-refractivity contribution in [3.8, 4) is 0 Å². The number of aliphatic hydroxyl groups is 1. The van der Waals surface area contributed by atoms with Crippen molar-refractivity contribution in [2.24, 2.45) is 11.8 Å². The summed E-state index contributed by atoms with van der Waals surface area (Å²) in [5, 5.41) is 14.7. The molecule has 2 N–H and O–H groups in total. The van der Waals surface area contributed by atoms with Gasteiger partial charge in [0, 0.05) is 53.0 Å². The average molecular weight is 808 g/mol. The summed E-state index contributed by atoms with van der Waals surface area (Å²) >= 11 is 11.5. The third-order valence-electron chi connectivity index (χ3n) is 11.3. The standard InChI is InChI=1S/C40H58ClN3O10S/c1-23-12-11-13-25(3)40(49)20-30(52-37(48)42-40)26(4)35-38(6,54-35)31(19-33(46)44(8)29-18-28(16-23)17-24(2)34(29)41)53-36(47)27(5)43(7)32(45)14-15-39(55,21-50-9)22-51-10/h11-13,17-18,25-27,30-31,35,49,55H,14-16,19-22H2,1-10H3,(H,42,48)/b13-11+,23-12+/t25-,26-,27-,30+,31?,35+,38+,40+/m1/s1. The summed E-state index contributed by atoms with van der Waals surface area (Å²) in [7, 11) is 6.23. The molecule has 3 aliphatic rings. The van der Waals surface area contributed by atoms with Crippen molar-refractivity contribution in [1.82, 2.24) is 10.2 Å². The molecule has 1 aromatic rings. The molecule has 15 heteroatoms. The highest BCUT2D eigenvalue weighted by Gasteiger charge is 2.64. The zero-order valence-electron chi connectivity index (χ0n) is 33.6. The Morgan fingerprint density at radius 2 is 1.85 bits per heavy atom. The molecule has 13 nitrogen and oxygen atoms in total. The van der Waals surface area contributed by atoms with Crippen LogP contribution < -0.4 is 10.2 Å². The van der Waals surface area contributed by atoms with Gasteiger partial charge in [0.2, 0.25) is 11.8 Å². The van der Waals surface area contributed by atoms with Crippen molar-refractivity contribution >= 4 is 53.8 Å². The number of epoxide rings is 1. The second kappa shape index (κ2) is 18.0. The van der Waals surface area contributed by atoms with Crippen molar-refractivity contribution in [3.63, 3.8) is 0 Å². The predicted molar refractivity (Wildman–Crippen MR) is 212 cm³/mol. The number of rotatable bonds is 10. The van der Waals surface area contributed by atoms with E-state index in [0.717, 1.165) is 16.7 Å². The number of allylic oxidation sites excluding steroid dienone is 3. The third kappa shape index (κ3) is 10.4. The number of ether oxygens (including phenoxy) is 5. The van der Waals surface area contributed by atoms with E-state index in [-0.39, 0.29) is 44.3 Å². The van der Waals surface area contributed by atoms with E-state index in [0.29, 0.717) is 23.6 Å². The number of nitrogens with one attached hydrogen (secondary N) is 1. The zero-order valence-corrected chi connectivity index (χ0v) is 35.3. The fraction of sp³-hybridized carbons (Fsp3) is 0.650. The van der Waals surface area contributed by atoms with Gasteiger partial charge in [-0.3, -0.25) is 14.9 Å². The highest BCUT2D eigenvalue weighted by molar-refractivity contribution is 7.81. The van der Waals surface area contributed by atoms with Gasteiger partial charge in [0.1, 0.15) is 29.6 Å². The van der Waals surface area contributed by atoms with Crippen LogP contribution in [0.1, 0.15) is 71.4 Å². The maximum absolute atomic E-state index is 14.2. The Bertz CT molecular complexity index is 1670. The maximum Gasteiger partial charge on any atom is 0.409 e. The molecule has 3 heterocycles. The second-order valence-corrected chi connectivity index (χ2v) is 17.1. The molecule has 3 amide bonds. The van der Waals surface area contributed by atoms with E-state index in [9.17, 15) is 24.3 Å². The van der Waals surface area contributed by atoms with Crippen molar-refractivity contribution in [2.75, 3.05) is 46.4 Å². The maximum atomic E-state index is 14.2.